The van der Waals surface area contributed by atoms with Gasteiger partial charge in [-0.3, -0.25) is 19.6 Å². The number of alkyl halides is 1. The Balaban J connectivity index is 1.16. The van der Waals surface area contributed by atoms with Gasteiger partial charge in [-0.1, -0.05) is 30.3 Å². The zero-order valence-corrected chi connectivity index (χ0v) is 20.8. The average Bonchev–Trinajstić information content (AvgIpc) is 3.51. The molecule has 1 aromatic carbocycles. The predicted octanol–water partition coefficient (Wildman–Crippen LogP) is 4.63. The minimum Gasteiger partial charge on any atom is -0.309 e. The summed E-state index contributed by atoms with van der Waals surface area (Å²) in [7, 11) is 0. The molecule has 37 heavy (non-hydrogen) atoms. The molecule has 2 atom stereocenters. The summed E-state index contributed by atoms with van der Waals surface area (Å²) in [5, 5.41) is 12.9. The molecule has 0 bridgehead atoms. The van der Waals surface area contributed by atoms with Crippen LogP contribution in [-0.2, 0) is 9.59 Å². The molecule has 1 aliphatic carbocycles. The van der Waals surface area contributed by atoms with Crippen LogP contribution in [0.25, 0.3) is 11.1 Å². The molecule has 8 nitrogen and oxygen atoms in total. The lowest BCUT2D eigenvalue weighted by molar-refractivity contribution is -0.117. The molecule has 192 valence electrons. The van der Waals surface area contributed by atoms with Crippen LogP contribution in [0.3, 0.4) is 0 Å². The molecule has 1 aliphatic heterocycles. The third kappa shape index (κ3) is 6.48. The fourth-order valence-corrected chi connectivity index (χ4v) is 4.44. The maximum Gasteiger partial charge on any atom is 0.249 e. The molecule has 0 radical (unpaired) electrons. The number of H-pyrrole nitrogens is 1. The molecule has 5 rings (SSSR count). The number of rotatable bonds is 9. The molecular weight excluding hydrogens is 471 g/mol. The SMILES string of the molecule is CC(C(=O)Nc1cc(C2CC2)[nH]n1)c1cccc(-c2ccc(NC(=O)/C=C/CN3CC[C@@H](F)C3)nc2)c1. The van der Waals surface area contributed by atoms with Gasteiger partial charge in [0.15, 0.2) is 5.82 Å². The monoisotopic (exact) mass is 502 g/mol. The molecular formula is C28H31FN6O2. The molecule has 1 saturated carbocycles. The summed E-state index contributed by atoms with van der Waals surface area (Å²) in [6.07, 6.45) is 7.00. The van der Waals surface area contributed by atoms with Gasteiger partial charge in [-0.05, 0) is 49.4 Å². The second-order valence-corrected chi connectivity index (χ2v) is 9.79. The van der Waals surface area contributed by atoms with Gasteiger partial charge >= 0.3 is 0 Å². The highest BCUT2D eigenvalue weighted by atomic mass is 19.1. The number of amides is 2. The van der Waals surface area contributed by atoms with Crippen molar-refractivity contribution in [1.29, 1.82) is 0 Å². The van der Waals surface area contributed by atoms with Gasteiger partial charge < -0.3 is 10.6 Å². The van der Waals surface area contributed by atoms with Crippen molar-refractivity contribution in [2.45, 2.75) is 44.2 Å². The number of hydrogen-bond donors (Lipinski definition) is 3. The number of halogens is 1. The molecule has 1 saturated heterocycles. The van der Waals surface area contributed by atoms with Crippen LogP contribution in [0.2, 0.25) is 0 Å². The fourth-order valence-electron chi connectivity index (χ4n) is 4.44. The van der Waals surface area contributed by atoms with E-state index in [1.165, 1.54) is 18.9 Å². The van der Waals surface area contributed by atoms with Crippen molar-refractivity contribution in [1.82, 2.24) is 20.1 Å². The molecule has 2 amide bonds. The van der Waals surface area contributed by atoms with Crippen molar-refractivity contribution in [3.05, 3.63) is 72.1 Å². The molecule has 3 heterocycles. The van der Waals surface area contributed by atoms with Gasteiger partial charge in [0.1, 0.15) is 12.0 Å². The number of hydrogen-bond acceptors (Lipinski definition) is 5. The van der Waals surface area contributed by atoms with Crippen molar-refractivity contribution >= 4 is 23.5 Å². The molecule has 0 spiro atoms. The van der Waals surface area contributed by atoms with E-state index in [-0.39, 0.29) is 17.7 Å². The number of carbonyl (C=O) groups is 2. The van der Waals surface area contributed by atoms with Gasteiger partial charge in [-0.15, -0.1) is 0 Å². The van der Waals surface area contributed by atoms with E-state index in [4.69, 9.17) is 0 Å². The number of likely N-dealkylation sites (tertiary alicyclic amines) is 1. The van der Waals surface area contributed by atoms with Crippen LogP contribution < -0.4 is 10.6 Å². The first-order valence-electron chi connectivity index (χ1n) is 12.7. The quantitative estimate of drug-likeness (QED) is 0.370. The van der Waals surface area contributed by atoms with Crippen LogP contribution in [0, 0.1) is 0 Å². The van der Waals surface area contributed by atoms with Crippen LogP contribution in [-0.4, -0.2) is 57.7 Å². The van der Waals surface area contributed by atoms with Gasteiger partial charge in [-0.25, -0.2) is 9.37 Å². The van der Waals surface area contributed by atoms with E-state index in [0.717, 1.165) is 22.4 Å². The van der Waals surface area contributed by atoms with E-state index in [1.54, 1.807) is 18.3 Å². The smallest absolute Gasteiger partial charge is 0.249 e. The zero-order valence-electron chi connectivity index (χ0n) is 20.8. The maximum absolute atomic E-state index is 13.2. The van der Waals surface area contributed by atoms with Crippen molar-refractivity contribution in [3.63, 3.8) is 0 Å². The number of aromatic nitrogens is 3. The minimum atomic E-state index is -0.770. The number of anilines is 2. The lowest BCUT2D eigenvalue weighted by atomic mass is 9.96. The summed E-state index contributed by atoms with van der Waals surface area (Å²) >= 11 is 0. The van der Waals surface area contributed by atoms with Gasteiger partial charge in [-0.2, -0.15) is 5.10 Å². The van der Waals surface area contributed by atoms with E-state index in [2.05, 4.69) is 25.8 Å². The minimum absolute atomic E-state index is 0.121. The third-order valence-electron chi connectivity index (χ3n) is 6.84. The number of nitrogens with zero attached hydrogens (tertiary/aromatic N) is 3. The molecule has 3 N–H and O–H groups in total. The van der Waals surface area contributed by atoms with E-state index < -0.39 is 6.17 Å². The number of aromatic amines is 1. The van der Waals surface area contributed by atoms with Crippen molar-refractivity contribution in [3.8, 4) is 11.1 Å². The Hall–Kier alpha value is -3.85. The number of carbonyl (C=O) groups excluding carboxylic acids is 2. The summed E-state index contributed by atoms with van der Waals surface area (Å²) in [6, 6.07) is 13.3. The summed E-state index contributed by atoms with van der Waals surface area (Å²) in [5.41, 5.74) is 3.76. The van der Waals surface area contributed by atoms with Crippen LogP contribution in [0.1, 0.15) is 49.3 Å². The first-order chi connectivity index (χ1) is 17.9. The highest BCUT2D eigenvalue weighted by Gasteiger charge is 2.26. The van der Waals surface area contributed by atoms with Gasteiger partial charge in [0.05, 0.1) is 5.92 Å². The summed E-state index contributed by atoms with van der Waals surface area (Å²) in [5.74, 6) is 0.774. The topological polar surface area (TPSA) is 103 Å². The standard InChI is InChI=1S/C28H31FN6O2/c1-18(28(37)32-26-15-24(33-34-26)19-7-8-19)20-4-2-5-21(14-20)22-9-10-25(30-16-22)31-27(36)6-3-12-35-13-11-23(29)17-35/h2-6,9-10,14-16,18-19,23H,7-8,11-13,17H2,1H3,(H,30,31,36)(H2,32,33,34,37)/b6-3+/t18?,23-/m1/s1. The zero-order chi connectivity index (χ0) is 25.8. The van der Waals surface area contributed by atoms with E-state index in [1.807, 2.05) is 48.2 Å². The van der Waals surface area contributed by atoms with E-state index in [9.17, 15) is 14.0 Å². The van der Waals surface area contributed by atoms with Gasteiger partial charge in [0, 0.05) is 55.1 Å². The lowest BCUT2D eigenvalue weighted by Crippen LogP contribution is -2.21. The van der Waals surface area contributed by atoms with Crippen LogP contribution >= 0.6 is 0 Å². The average molecular weight is 503 g/mol. The Labute approximate surface area is 215 Å². The Bertz CT molecular complexity index is 1280. The Morgan fingerprint density at radius 1 is 1.14 bits per heavy atom. The first-order valence-corrected chi connectivity index (χ1v) is 12.7. The highest BCUT2D eigenvalue weighted by molar-refractivity contribution is 5.98. The van der Waals surface area contributed by atoms with Gasteiger partial charge in [0.25, 0.3) is 0 Å². The van der Waals surface area contributed by atoms with Crippen molar-refractivity contribution in [2.24, 2.45) is 0 Å². The molecule has 3 aromatic rings. The normalized spacial score (nSPS) is 18.7. The Morgan fingerprint density at radius 3 is 2.73 bits per heavy atom. The summed E-state index contributed by atoms with van der Waals surface area (Å²) in [4.78, 5) is 31.3. The highest BCUT2D eigenvalue weighted by Crippen LogP contribution is 2.39. The van der Waals surface area contributed by atoms with E-state index >= 15 is 0 Å². The first kappa shape index (κ1) is 24.8. The maximum atomic E-state index is 13.2. The second kappa shape index (κ2) is 11.0. The largest absolute Gasteiger partial charge is 0.309 e. The Morgan fingerprint density at radius 2 is 2.00 bits per heavy atom. The molecule has 2 aromatic heterocycles. The predicted molar refractivity (Wildman–Crippen MR) is 141 cm³/mol. The number of pyridine rings is 1. The van der Waals surface area contributed by atoms with Gasteiger partial charge in [0.2, 0.25) is 11.8 Å². The van der Waals surface area contributed by atoms with Crippen LogP contribution in [0.4, 0.5) is 16.0 Å². The molecule has 2 aliphatic rings. The molecule has 2 fully saturated rings. The van der Waals surface area contributed by atoms with Crippen molar-refractivity contribution in [2.75, 3.05) is 30.3 Å². The lowest BCUT2D eigenvalue weighted by Gasteiger charge is -2.13. The van der Waals surface area contributed by atoms with Crippen molar-refractivity contribution < 1.29 is 14.0 Å². The summed E-state index contributed by atoms with van der Waals surface area (Å²) in [6.45, 7) is 3.56. The van der Waals surface area contributed by atoms with E-state index in [0.29, 0.717) is 43.6 Å². The Kier molecular flexibility index (Phi) is 7.41. The third-order valence-corrected chi connectivity index (χ3v) is 6.84. The number of benzene rings is 1. The van der Waals surface area contributed by atoms with Crippen LogP contribution in [0.5, 0.6) is 0 Å². The second-order valence-electron chi connectivity index (χ2n) is 9.79. The van der Waals surface area contributed by atoms with Crippen LogP contribution in [0.15, 0.2) is 60.8 Å². The number of nitrogens with one attached hydrogen (secondary N) is 3. The molecule has 1 unspecified atom stereocenters. The fraction of sp³-hybridized carbons (Fsp3) is 0.357. The molecule has 9 heteroatoms. The summed E-state index contributed by atoms with van der Waals surface area (Å²) < 4.78 is 13.2.